The molecular formula is C26H29NO6. The van der Waals surface area contributed by atoms with Gasteiger partial charge in [-0.15, -0.1) is 0 Å². The second kappa shape index (κ2) is 10.1. The van der Waals surface area contributed by atoms with Crippen LogP contribution in [0.2, 0.25) is 0 Å². The van der Waals surface area contributed by atoms with Gasteiger partial charge in [-0.05, 0) is 54.7 Å². The predicted molar refractivity (Wildman–Crippen MR) is 125 cm³/mol. The van der Waals surface area contributed by atoms with Crippen LogP contribution < -0.4 is 15.1 Å². The minimum atomic E-state index is -0.384. The molecule has 0 atom stereocenters. The second-order valence-corrected chi connectivity index (χ2v) is 8.30. The van der Waals surface area contributed by atoms with E-state index in [1.54, 1.807) is 7.11 Å². The van der Waals surface area contributed by atoms with E-state index in [0.717, 1.165) is 39.8 Å². The predicted octanol–water partition coefficient (Wildman–Crippen LogP) is 4.35. The zero-order valence-electron chi connectivity index (χ0n) is 19.3. The number of fused-ring (bicyclic) bond motifs is 3. The summed E-state index contributed by atoms with van der Waals surface area (Å²) in [6, 6.07) is 11.4. The summed E-state index contributed by atoms with van der Waals surface area (Å²) in [5.74, 6) is 1.29. The molecule has 1 aliphatic heterocycles. The fourth-order valence-electron chi connectivity index (χ4n) is 4.11. The number of aryl methyl sites for hydroxylation is 2. The SMILES string of the molecule is CCCOC(=O)CCc1cc2c(C)cc(=O)oc2c2c1OCN(Cc1ccc(OC)cc1)C2. The van der Waals surface area contributed by atoms with E-state index in [2.05, 4.69) is 4.90 Å². The zero-order chi connectivity index (χ0) is 23.4. The topological polar surface area (TPSA) is 78.2 Å². The summed E-state index contributed by atoms with van der Waals surface area (Å²) in [4.78, 5) is 26.4. The highest BCUT2D eigenvalue weighted by atomic mass is 16.5. The molecule has 1 aliphatic rings. The van der Waals surface area contributed by atoms with Crippen molar-refractivity contribution in [1.29, 1.82) is 0 Å². The third-order valence-electron chi connectivity index (χ3n) is 5.77. The average Bonchev–Trinajstić information content (AvgIpc) is 2.82. The lowest BCUT2D eigenvalue weighted by Crippen LogP contribution is -2.32. The molecule has 0 amide bonds. The van der Waals surface area contributed by atoms with Crippen LogP contribution in [0.1, 0.15) is 42.0 Å². The van der Waals surface area contributed by atoms with Crippen LogP contribution in [0, 0.1) is 6.92 Å². The number of methoxy groups -OCH3 is 1. The smallest absolute Gasteiger partial charge is 0.336 e. The lowest BCUT2D eigenvalue weighted by Gasteiger charge is -2.31. The van der Waals surface area contributed by atoms with Crippen LogP contribution in [0.5, 0.6) is 11.5 Å². The van der Waals surface area contributed by atoms with E-state index >= 15 is 0 Å². The van der Waals surface area contributed by atoms with E-state index in [9.17, 15) is 9.59 Å². The van der Waals surface area contributed by atoms with Crippen LogP contribution in [0.3, 0.4) is 0 Å². The van der Waals surface area contributed by atoms with Gasteiger partial charge in [0, 0.05) is 31.0 Å². The van der Waals surface area contributed by atoms with E-state index in [4.69, 9.17) is 18.6 Å². The van der Waals surface area contributed by atoms with E-state index in [1.165, 1.54) is 6.07 Å². The van der Waals surface area contributed by atoms with E-state index in [0.29, 0.717) is 44.2 Å². The van der Waals surface area contributed by atoms with Crippen molar-refractivity contribution in [3.8, 4) is 11.5 Å². The standard InChI is InChI=1S/C26H29NO6/c1-4-11-31-23(28)10-7-19-13-21-17(2)12-24(29)33-26(21)22-15-27(16-32-25(19)22)14-18-5-8-20(30-3)9-6-18/h5-6,8-9,12-13H,4,7,10-11,14-16H2,1-3H3. The molecule has 0 saturated heterocycles. The molecule has 0 spiro atoms. The number of esters is 1. The van der Waals surface area contributed by atoms with Crippen molar-refractivity contribution >= 4 is 16.9 Å². The van der Waals surface area contributed by atoms with Crippen LogP contribution in [0.4, 0.5) is 0 Å². The largest absolute Gasteiger partial charge is 0.497 e. The van der Waals surface area contributed by atoms with Crippen LogP contribution in [0.25, 0.3) is 11.0 Å². The van der Waals surface area contributed by atoms with Gasteiger partial charge < -0.3 is 18.6 Å². The van der Waals surface area contributed by atoms with Gasteiger partial charge in [0.1, 0.15) is 23.8 Å². The first kappa shape index (κ1) is 22.9. The molecule has 174 valence electrons. The highest BCUT2D eigenvalue weighted by Gasteiger charge is 2.25. The number of carbonyl (C=O) groups is 1. The van der Waals surface area contributed by atoms with Crippen molar-refractivity contribution in [2.24, 2.45) is 0 Å². The Hall–Kier alpha value is -3.32. The van der Waals surface area contributed by atoms with Gasteiger partial charge >= 0.3 is 11.6 Å². The molecule has 33 heavy (non-hydrogen) atoms. The third kappa shape index (κ3) is 5.20. The van der Waals surface area contributed by atoms with Gasteiger partial charge in [-0.1, -0.05) is 19.1 Å². The minimum Gasteiger partial charge on any atom is -0.497 e. The summed E-state index contributed by atoms with van der Waals surface area (Å²) in [7, 11) is 1.65. The molecule has 2 heterocycles. The van der Waals surface area contributed by atoms with Gasteiger partial charge in [0.15, 0.2) is 0 Å². The lowest BCUT2D eigenvalue weighted by molar-refractivity contribution is -0.143. The molecular weight excluding hydrogens is 422 g/mol. The number of benzene rings is 2. The molecule has 0 aliphatic carbocycles. The van der Waals surface area contributed by atoms with Crippen molar-refractivity contribution in [2.75, 3.05) is 20.4 Å². The molecule has 0 saturated carbocycles. The zero-order valence-corrected chi connectivity index (χ0v) is 19.3. The van der Waals surface area contributed by atoms with Crippen LogP contribution in [-0.2, 0) is 29.0 Å². The molecule has 0 N–H and O–H groups in total. The molecule has 0 unspecified atom stereocenters. The second-order valence-electron chi connectivity index (χ2n) is 8.30. The molecule has 3 aromatic rings. The average molecular weight is 452 g/mol. The Balaban J connectivity index is 1.64. The van der Waals surface area contributed by atoms with E-state index in [1.807, 2.05) is 44.2 Å². The van der Waals surface area contributed by atoms with Gasteiger partial charge in [-0.3, -0.25) is 9.69 Å². The minimum absolute atomic E-state index is 0.223. The Kier molecular flexibility index (Phi) is 6.99. The van der Waals surface area contributed by atoms with Crippen molar-refractivity contribution in [3.05, 3.63) is 69.1 Å². The third-order valence-corrected chi connectivity index (χ3v) is 5.77. The Morgan fingerprint density at radius 2 is 1.97 bits per heavy atom. The number of ether oxygens (including phenoxy) is 3. The van der Waals surface area contributed by atoms with Crippen LogP contribution in [0.15, 0.2) is 45.6 Å². The summed E-state index contributed by atoms with van der Waals surface area (Å²) in [6.07, 6.45) is 1.56. The normalized spacial score (nSPS) is 13.4. The molecule has 7 nitrogen and oxygen atoms in total. The highest BCUT2D eigenvalue weighted by molar-refractivity contribution is 5.86. The number of carbonyl (C=O) groups excluding carboxylic acids is 1. The molecule has 0 fully saturated rings. The van der Waals surface area contributed by atoms with Gasteiger partial charge in [-0.2, -0.15) is 0 Å². The number of hydrogen-bond acceptors (Lipinski definition) is 7. The van der Waals surface area contributed by atoms with Gasteiger partial charge in [-0.25, -0.2) is 4.79 Å². The maximum Gasteiger partial charge on any atom is 0.336 e. The maximum atomic E-state index is 12.1. The fraction of sp³-hybridized carbons (Fsp3) is 0.385. The summed E-state index contributed by atoms with van der Waals surface area (Å²) in [5.41, 5.74) is 3.89. The van der Waals surface area contributed by atoms with Crippen molar-refractivity contribution in [1.82, 2.24) is 4.90 Å². The van der Waals surface area contributed by atoms with Gasteiger partial charge in [0.25, 0.3) is 0 Å². The van der Waals surface area contributed by atoms with Crippen LogP contribution >= 0.6 is 0 Å². The highest BCUT2D eigenvalue weighted by Crippen LogP contribution is 2.37. The summed E-state index contributed by atoms with van der Waals surface area (Å²) >= 11 is 0. The molecule has 7 heteroatoms. The number of nitrogens with zero attached hydrogens (tertiary/aromatic N) is 1. The monoisotopic (exact) mass is 451 g/mol. The van der Waals surface area contributed by atoms with Gasteiger partial charge in [0.2, 0.25) is 0 Å². The summed E-state index contributed by atoms with van der Waals surface area (Å²) < 4.78 is 22.3. The first-order valence-electron chi connectivity index (χ1n) is 11.2. The molecule has 1 aromatic heterocycles. The Bertz CT molecular complexity index is 1200. The van der Waals surface area contributed by atoms with Crippen molar-refractivity contribution < 1.29 is 23.4 Å². The Labute approximate surface area is 192 Å². The molecule has 4 rings (SSSR count). The van der Waals surface area contributed by atoms with Crippen LogP contribution in [-0.4, -0.2) is 31.3 Å². The Morgan fingerprint density at radius 1 is 1.18 bits per heavy atom. The Morgan fingerprint density at radius 3 is 2.70 bits per heavy atom. The summed E-state index contributed by atoms with van der Waals surface area (Å²) in [5, 5.41) is 0.861. The maximum absolute atomic E-state index is 12.1. The number of rotatable bonds is 8. The molecule has 0 bridgehead atoms. The molecule has 2 aromatic carbocycles. The number of hydrogen-bond donors (Lipinski definition) is 0. The summed E-state index contributed by atoms with van der Waals surface area (Å²) in [6.45, 7) is 5.93. The van der Waals surface area contributed by atoms with Crippen molar-refractivity contribution in [3.63, 3.8) is 0 Å². The van der Waals surface area contributed by atoms with E-state index < -0.39 is 0 Å². The quantitative estimate of drug-likeness (QED) is 0.372. The van der Waals surface area contributed by atoms with Crippen molar-refractivity contribution in [2.45, 2.75) is 46.2 Å². The van der Waals surface area contributed by atoms with Gasteiger partial charge in [0.05, 0.1) is 19.3 Å². The van der Waals surface area contributed by atoms with E-state index in [-0.39, 0.29) is 18.0 Å². The lowest BCUT2D eigenvalue weighted by atomic mass is 9.97. The fourth-order valence-corrected chi connectivity index (χ4v) is 4.11. The first-order valence-corrected chi connectivity index (χ1v) is 11.2. The molecule has 0 radical (unpaired) electrons. The first-order chi connectivity index (χ1) is 16.0.